The molecule has 1 fully saturated rings. The monoisotopic (exact) mass is 818 g/mol. The van der Waals surface area contributed by atoms with E-state index >= 15 is 0 Å². The quantitative estimate of drug-likeness (QED) is 0.0647. The van der Waals surface area contributed by atoms with Gasteiger partial charge in [-0.2, -0.15) is 18.2 Å². The van der Waals surface area contributed by atoms with E-state index < -0.39 is 41.4 Å². The van der Waals surface area contributed by atoms with E-state index in [1.165, 1.54) is 12.1 Å². The van der Waals surface area contributed by atoms with Gasteiger partial charge in [0.25, 0.3) is 11.8 Å². The van der Waals surface area contributed by atoms with Crippen molar-refractivity contribution in [2.45, 2.75) is 44.4 Å². The van der Waals surface area contributed by atoms with Crippen molar-refractivity contribution in [3.63, 3.8) is 0 Å². The SMILES string of the molecule is CNc1cccc(CNc2nc(Nc3ccc(OCCCOCCC(=O)NCCOc4cccc5c4C(=O)N(C4CCC(=O)NC4=O)C5=O)cc3)ncc2C(F)(F)F)c1. The molecule has 6 rings (SSSR count). The van der Waals surface area contributed by atoms with E-state index in [1.54, 1.807) is 49.5 Å². The summed E-state index contributed by atoms with van der Waals surface area (Å²) in [6, 6.07) is 17.4. The van der Waals surface area contributed by atoms with Crippen LogP contribution < -0.4 is 36.1 Å². The third kappa shape index (κ3) is 10.8. The zero-order valence-electron chi connectivity index (χ0n) is 31.8. The molecule has 16 nitrogen and oxygen atoms in total. The lowest BCUT2D eigenvalue weighted by Crippen LogP contribution is -2.54. The lowest BCUT2D eigenvalue weighted by atomic mass is 10.0. The van der Waals surface area contributed by atoms with Gasteiger partial charge in [0.2, 0.25) is 23.7 Å². The van der Waals surface area contributed by atoms with Crippen molar-refractivity contribution in [1.29, 1.82) is 0 Å². The number of nitrogens with zero attached hydrogens (tertiary/aromatic N) is 3. The van der Waals surface area contributed by atoms with Crippen LogP contribution in [0.25, 0.3) is 0 Å². The number of imide groups is 2. The van der Waals surface area contributed by atoms with Gasteiger partial charge < -0.3 is 35.5 Å². The van der Waals surface area contributed by atoms with Crippen LogP contribution in [0.2, 0.25) is 0 Å². The number of carbonyl (C=O) groups is 5. The first-order chi connectivity index (χ1) is 28.4. The molecule has 0 bridgehead atoms. The lowest BCUT2D eigenvalue weighted by Gasteiger charge is -2.27. The molecule has 19 heteroatoms. The van der Waals surface area contributed by atoms with Gasteiger partial charge in [-0.1, -0.05) is 18.2 Å². The molecular weight excluding hydrogens is 777 g/mol. The largest absolute Gasteiger partial charge is 0.494 e. The van der Waals surface area contributed by atoms with Gasteiger partial charge in [0, 0.05) is 57.0 Å². The highest BCUT2D eigenvalue weighted by Crippen LogP contribution is 2.35. The summed E-state index contributed by atoms with van der Waals surface area (Å²) in [5.74, 6) is -2.46. The fraction of sp³-hybridized carbons (Fsp3) is 0.325. The van der Waals surface area contributed by atoms with Gasteiger partial charge in [-0.15, -0.1) is 0 Å². The van der Waals surface area contributed by atoms with Crippen molar-refractivity contribution in [2.24, 2.45) is 0 Å². The van der Waals surface area contributed by atoms with Gasteiger partial charge >= 0.3 is 6.18 Å². The summed E-state index contributed by atoms with van der Waals surface area (Å²) in [6.45, 7) is 1.07. The number of rotatable bonds is 19. The maximum atomic E-state index is 13.7. The normalized spacial score (nSPS) is 15.1. The van der Waals surface area contributed by atoms with Gasteiger partial charge in [-0.05, 0) is 60.5 Å². The molecule has 2 aliphatic rings. The zero-order valence-corrected chi connectivity index (χ0v) is 31.8. The van der Waals surface area contributed by atoms with Gasteiger partial charge in [0.05, 0.1) is 30.9 Å². The molecule has 0 spiro atoms. The van der Waals surface area contributed by atoms with Crippen LogP contribution in [0.5, 0.6) is 11.5 Å². The Morgan fingerprint density at radius 1 is 0.932 bits per heavy atom. The number of aromatic nitrogens is 2. The molecule has 59 heavy (non-hydrogen) atoms. The summed E-state index contributed by atoms with van der Waals surface area (Å²) < 4.78 is 58.1. The van der Waals surface area contributed by atoms with Crippen LogP contribution in [0, 0.1) is 0 Å². The Morgan fingerprint density at radius 3 is 2.49 bits per heavy atom. The van der Waals surface area contributed by atoms with Crippen LogP contribution in [0.15, 0.2) is 72.9 Å². The van der Waals surface area contributed by atoms with Crippen LogP contribution in [0.1, 0.15) is 57.5 Å². The number of anilines is 4. The topological polar surface area (TPSA) is 202 Å². The number of benzene rings is 3. The van der Waals surface area contributed by atoms with Gasteiger partial charge in [0.15, 0.2) is 0 Å². The number of carbonyl (C=O) groups excluding carboxylic acids is 5. The van der Waals surface area contributed by atoms with E-state index in [9.17, 15) is 37.1 Å². The maximum absolute atomic E-state index is 13.7. The molecule has 1 aromatic heterocycles. The van der Waals surface area contributed by atoms with Crippen molar-refractivity contribution in [2.75, 3.05) is 56.0 Å². The molecule has 1 saturated heterocycles. The fourth-order valence-electron chi connectivity index (χ4n) is 6.23. The van der Waals surface area contributed by atoms with E-state index in [1.807, 2.05) is 12.1 Å². The van der Waals surface area contributed by atoms with Crippen molar-refractivity contribution < 1.29 is 51.4 Å². The molecule has 0 radical (unpaired) electrons. The molecule has 5 amide bonds. The molecule has 4 aromatic rings. The van der Waals surface area contributed by atoms with Crippen LogP contribution >= 0.6 is 0 Å². The summed E-state index contributed by atoms with van der Waals surface area (Å²) in [5, 5.41) is 13.5. The molecule has 3 aromatic carbocycles. The van der Waals surface area contributed by atoms with Crippen molar-refractivity contribution in [1.82, 2.24) is 25.5 Å². The Bertz CT molecular complexity index is 2190. The van der Waals surface area contributed by atoms with Gasteiger partial charge in [0.1, 0.15) is 35.5 Å². The van der Waals surface area contributed by atoms with E-state index in [2.05, 4.69) is 36.6 Å². The fourth-order valence-corrected chi connectivity index (χ4v) is 6.23. The minimum Gasteiger partial charge on any atom is -0.494 e. The summed E-state index contributed by atoms with van der Waals surface area (Å²) in [4.78, 5) is 71.1. The minimum absolute atomic E-state index is 0.00593. The molecular formula is C40H41F3N8O8. The highest BCUT2D eigenvalue weighted by molar-refractivity contribution is 6.24. The van der Waals surface area contributed by atoms with Crippen LogP contribution in [-0.4, -0.2) is 90.5 Å². The second-order valence-corrected chi connectivity index (χ2v) is 13.3. The van der Waals surface area contributed by atoms with Crippen LogP contribution in [0.4, 0.5) is 36.3 Å². The first-order valence-corrected chi connectivity index (χ1v) is 18.7. The summed E-state index contributed by atoms with van der Waals surface area (Å²) in [5.41, 5.74) is 1.26. The molecule has 0 aliphatic carbocycles. The molecule has 1 unspecified atom stereocenters. The van der Waals surface area contributed by atoms with Crippen molar-refractivity contribution in [3.8, 4) is 11.5 Å². The molecule has 3 heterocycles. The maximum Gasteiger partial charge on any atom is 0.421 e. The summed E-state index contributed by atoms with van der Waals surface area (Å²) in [7, 11) is 1.75. The zero-order chi connectivity index (χ0) is 41.9. The molecule has 1 atom stereocenters. The number of halogens is 3. The highest BCUT2D eigenvalue weighted by Gasteiger charge is 2.46. The number of piperidine rings is 1. The summed E-state index contributed by atoms with van der Waals surface area (Å²) in [6.07, 6.45) is -3.24. The van der Waals surface area contributed by atoms with E-state index in [-0.39, 0.29) is 80.1 Å². The first-order valence-electron chi connectivity index (χ1n) is 18.7. The first kappa shape index (κ1) is 41.9. The Morgan fingerprint density at radius 2 is 1.73 bits per heavy atom. The van der Waals surface area contributed by atoms with E-state index in [0.717, 1.165) is 22.3 Å². The summed E-state index contributed by atoms with van der Waals surface area (Å²) >= 11 is 0. The standard InChI is InChI=1S/C40H41F3N8O8/c1-44-26-6-2-5-24(21-26)22-46-35-29(40(41,42)43)23-47-39(50-35)48-25-9-11-27(12-10-25)58-18-4-17-57-19-15-32(52)45-16-20-59-31-8-3-7-28-34(31)38(56)51(37(28)55)30-13-14-33(53)49-36(30)54/h2-3,5-12,21,23,30,44H,4,13-20,22H2,1H3,(H,45,52)(H,49,53,54)(H2,46,47,48,50). The number of amides is 5. The molecule has 2 aliphatic heterocycles. The van der Waals surface area contributed by atoms with Crippen LogP contribution in [0.3, 0.4) is 0 Å². The van der Waals surface area contributed by atoms with Crippen molar-refractivity contribution in [3.05, 3.63) is 95.2 Å². The minimum atomic E-state index is -4.65. The Hall–Kier alpha value is -6.76. The molecule has 5 N–H and O–H groups in total. The van der Waals surface area contributed by atoms with Crippen LogP contribution in [-0.2, 0) is 31.8 Å². The van der Waals surface area contributed by atoms with Gasteiger partial charge in [-0.25, -0.2) is 4.98 Å². The van der Waals surface area contributed by atoms with Gasteiger partial charge in [-0.3, -0.25) is 34.2 Å². The second-order valence-electron chi connectivity index (χ2n) is 13.3. The molecule has 310 valence electrons. The number of nitrogens with one attached hydrogen (secondary N) is 5. The number of ether oxygens (including phenoxy) is 3. The third-order valence-electron chi connectivity index (χ3n) is 9.17. The lowest BCUT2D eigenvalue weighted by molar-refractivity contribution is -0.138. The number of fused-ring (bicyclic) bond motifs is 1. The molecule has 0 saturated carbocycles. The highest BCUT2D eigenvalue weighted by atomic mass is 19.4. The predicted molar refractivity (Wildman–Crippen MR) is 207 cm³/mol. The third-order valence-corrected chi connectivity index (χ3v) is 9.17. The average Bonchev–Trinajstić information content (AvgIpc) is 3.47. The second kappa shape index (κ2) is 19.1. The Balaban J connectivity index is 0.861. The Labute approximate surface area is 336 Å². The predicted octanol–water partition coefficient (Wildman–Crippen LogP) is 4.66. The van der Waals surface area contributed by atoms with E-state index in [0.29, 0.717) is 31.1 Å². The Kier molecular flexibility index (Phi) is 13.6. The van der Waals surface area contributed by atoms with Crippen molar-refractivity contribution >= 4 is 52.7 Å². The number of alkyl halides is 3. The van der Waals surface area contributed by atoms with E-state index in [4.69, 9.17) is 14.2 Å². The average molecular weight is 819 g/mol. The number of hydrogen-bond donors (Lipinski definition) is 5. The number of hydrogen-bond acceptors (Lipinski definition) is 13. The smallest absolute Gasteiger partial charge is 0.421 e.